The Balaban J connectivity index is 1.52. The standard InChI is InChI=1S/C23H31NO2/c1-22(2)19-12-14-23(3,13-9-17-24-15-7-4-8-16-24)26-21(19)18-10-5-6-11-20(18)25-22/h5-6,10-11,19,21H,4,7-8,12,14-17H2,1-3H3/p+1/t19-,21-,23+/m0/s1. The Hall–Kier alpha value is -1.50. The van der Waals surface area contributed by atoms with Crippen molar-refractivity contribution in [3.05, 3.63) is 29.8 Å². The van der Waals surface area contributed by atoms with E-state index in [0.29, 0.717) is 5.92 Å². The van der Waals surface area contributed by atoms with Crippen molar-refractivity contribution in [3.63, 3.8) is 0 Å². The number of hydrogen-bond acceptors (Lipinski definition) is 2. The summed E-state index contributed by atoms with van der Waals surface area (Å²) in [5.41, 5.74) is 0.633. The minimum atomic E-state index is -0.350. The summed E-state index contributed by atoms with van der Waals surface area (Å²) in [4.78, 5) is 1.64. The van der Waals surface area contributed by atoms with E-state index in [0.717, 1.165) is 25.1 Å². The number of benzene rings is 1. The zero-order valence-electron chi connectivity index (χ0n) is 16.4. The van der Waals surface area contributed by atoms with Gasteiger partial charge in [0, 0.05) is 11.5 Å². The first kappa shape index (κ1) is 17.9. The molecule has 0 unspecified atom stereocenters. The third kappa shape index (κ3) is 3.50. The SMILES string of the molecule is CC1(C)Oc2ccccc2[C@@H]2O[C@](C)(C#CC[NH+]3CCCCC3)CC[C@@H]21. The molecule has 1 N–H and O–H groups in total. The van der Waals surface area contributed by atoms with Gasteiger partial charge in [-0.25, -0.2) is 0 Å². The van der Waals surface area contributed by atoms with Gasteiger partial charge in [-0.2, -0.15) is 0 Å². The molecule has 3 atom stereocenters. The van der Waals surface area contributed by atoms with Gasteiger partial charge < -0.3 is 14.4 Å². The van der Waals surface area contributed by atoms with Crippen molar-refractivity contribution in [1.29, 1.82) is 0 Å². The molecule has 0 aliphatic carbocycles. The van der Waals surface area contributed by atoms with E-state index < -0.39 is 0 Å². The van der Waals surface area contributed by atoms with Gasteiger partial charge >= 0.3 is 0 Å². The summed E-state index contributed by atoms with van der Waals surface area (Å²) in [5, 5.41) is 0. The lowest BCUT2D eigenvalue weighted by Gasteiger charge is -2.50. The molecule has 26 heavy (non-hydrogen) atoms. The molecule has 2 fully saturated rings. The van der Waals surface area contributed by atoms with E-state index in [1.165, 1.54) is 37.9 Å². The number of nitrogens with one attached hydrogen (secondary N) is 1. The van der Waals surface area contributed by atoms with Crippen LogP contribution in [0.15, 0.2) is 24.3 Å². The van der Waals surface area contributed by atoms with Crippen LogP contribution in [0.2, 0.25) is 0 Å². The van der Waals surface area contributed by atoms with Crippen LogP contribution in [0.4, 0.5) is 0 Å². The van der Waals surface area contributed by atoms with Crippen LogP contribution >= 0.6 is 0 Å². The summed E-state index contributed by atoms with van der Waals surface area (Å²) in [6.07, 6.45) is 6.23. The van der Waals surface area contributed by atoms with Gasteiger partial charge in [-0.3, -0.25) is 0 Å². The minimum Gasteiger partial charge on any atom is -0.487 e. The lowest BCUT2D eigenvalue weighted by Crippen LogP contribution is -3.12. The summed E-state index contributed by atoms with van der Waals surface area (Å²) in [5.74, 6) is 8.31. The second kappa shape index (κ2) is 6.91. The van der Waals surface area contributed by atoms with E-state index >= 15 is 0 Å². The molecule has 3 aliphatic rings. The first-order valence-electron chi connectivity index (χ1n) is 10.3. The first-order chi connectivity index (χ1) is 12.5. The topological polar surface area (TPSA) is 22.9 Å². The monoisotopic (exact) mass is 354 g/mol. The number of fused-ring (bicyclic) bond motifs is 3. The van der Waals surface area contributed by atoms with Crippen LogP contribution in [0.5, 0.6) is 5.75 Å². The van der Waals surface area contributed by atoms with Crippen molar-refractivity contribution in [2.24, 2.45) is 5.92 Å². The van der Waals surface area contributed by atoms with Crippen molar-refractivity contribution < 1.29 is 14.4 Å². The fourth-order valence-corrected chi connectivity index (χ4v) is 4.84. The van der Waals surface area contributed by atoms with Gasteiger partial charge in [0.1, 0.15) is 23.5 Å². The third-order valence-electron chi connectivity index (χ3n) is 6.43. The number of ether oxygens (including phenoxy) is 2. The van der Waals surface area contributed by atoms with Gasteiger partial charge in [0.25, 0.3) is 0 Å². The normalized spacial score (nSPS) is 33.2. The van der Waals surface area contributed by atoms with Crippen LogP contribution in [0.25, 0.3) is 0 Å². The number of para-hydroxylation sites is 1. The van der Waals surface area contributed by atoms with Crippen LogP contribution in [-0.4, -0.2) is 30.8 Å². The molecule has 3 aliphatic heterocycles. The highest BCUT2D eigenvalue weighted by molar-refractivity contribution is 5.39. The molecule has 0 aromatic heterocycles. The van der Waals surface area contributed by atoms with Crippen molar-refractivity contribution in [1.82, 2.24) is 0 Å². The maximum atomic E-state index is 6.67. The van der Waals surface area contributed by atoms with Gasteiger partial charge in [0.05, 0.1) is 19.2 Å². The second-order valence-electron chi connectivity index (χ2n) is 8.95. The molecule has 3 heterocycles. The molecule has 3 nitrogen and oxygen atoms in total. The van der Waals surface area contributed by atoms with Gasteiger partial charge in [-0.1, -0.05) is 24.1 Å². The highest BCUT2D eigenvalue weighted by Crippen LogP contribution is 2.52. The van der Waals surface area contributed by atoms with Crippen LogP contribution in [-0.2, 0) is 4.74 Å². The predicted octanol–water partition coefficient (Wildman–Crippen LogP) is 3.16. The molecule has 0 spiro atoms. The molecule has 140 valence electrons. The van der Waals surface area contributed by atoms with Gasteiger partial charge in [0.2, 0.25) is 0 Å². The van der Waals surface area contributed by atoms with E-state index in [1.807, 2.05) is 6.07 Å². The van der Waals surface area contributed by atoms with Crippen LogP contribution in [0, 0.1) is 17.8 Å². The van der Waals surface area contributed by atoms with E-state index in [1.54, 1.807) is 4.90 Å². The maximum absolute atomic E-state index is 6.67. The maximum Gasteiger partial charge on any atom is 0.139 e. The van der Waals surface area contributed by atoms with E-state index in [4.69, 9.17) is 9.47 Å². The molecule has 0 amide bonds. The molecule has 3 heteroatoms. The van der Waals surface area contributed by atoms with E-state index in [-0.39, 0.29) is 17.3 Å². The Bertz CT molecular complexity index is 710. The van der Waals surface area contributed by atoms with Crippen LogP contribution in [0.1, 0.15) is 64.5 Å². The third-order valence-corrected chi connectivity index (χ3v) is 6.43. The molecule has 0 bridgehead atoms. The zero-order chi connectivity index (χ0) is 18.2. The zero-order valence-corrected chi connectivity index (χ0v) is 16.4. The van der Waals surface area contributed by atoms with Crippen LogP contribution < -0.4 is 9.64 Å². The van der Waals surface area contributed by atoms with Crippen molar-refractivity contribution in [2.75, 3.05) is 19.6 Å². The smallest absolute Gasteiger partial charge is 0.139 e. The Morgan fingerprint density at radius 3 is 2.69 bits per heavy atom. The Labute approximate surface area is 158 Å². The molecular formula is C23H32NO2+. The summed E-state index contributed by atoms with van der Waals surface area (Å²) < 4.78 is 13.0. The number of piperidine rings is 1. The molecular weight excluding hydrogens is 322 g/mol. The fraction of sp³-hybridized carbons (Fsp3) is 0.652. The molecule has 1 aromatic rings. The number of rotatable bonds is 1. The summed E-state index contributed by atoms with van der Waals surface area (Å²) >= 11 is 0. The largest absolute Gasteiger partial charge is 0.487 e. The molecule has 0 saturated carbocycles. The summed E-state index contributed by atoms with van der Waals surface area (Å²) in [6.45, 7) is 10.1. The molecule has 0 radical (unpaired) electrons. The van der Waals surface area contributed by atoms with E-state index in [9.17, 15) is 0 Å². The van der Waals surface area contributed by atoms with Gasteiger partial charge in [-0.05, 0) is 64.9 Å². The molecule has 4 rings (SSSR count). The van der Waals surface area contributed by atoms with Crippen molar-refractivity contribution in [3.8, 4) is 17.6 Å². The quantitative estimate of drug-likeness (QED) is 0.783. The molecule has 1 aromatic carbocycles. The number of likely N-dealkylation sites (tertiary alicyclic amines) is 1. The first-order valence-corrected chi connectivity index (χ1v) is 10.3. The van der Waals surface area contributed by atoms with Gasteiger partial charge in [-0.15, -0.1) is 0 Å². The van der Waals surface area contributed by atoms with Crippen molar-refractivity contribution in [2.45, 2.75) is 70.2 Å². The highest BCUT2D eigenvalue weighted by Gasteiger charge is 2.49. The predicted molar refractivity (Wildman–Crippen MR) is 103 cm³/mol. The lowest BCUT2D eigenvalue weighted by atomic mass is 9.73. The van der Waals surface area contributed by atoms with E-state index in [2.05, 4.69) is 50.8 Å². The van der Waals surface area contributed by atoms with Gasteiger partial charge in [0.15, 0.2) is 0 Å². The number of hydrogen-bond donors (Lipinski definition) is 1. The Kier molecular flexibility index (Phi) is 4.75. The number of quaternary nitrogens is 1. The fourth-order valence-electron chi connectivity index (χ4n) is 4.84. The second-order valence-corrected chi connectivity index (χ2v) is 8.95. The Morgan fingerprint density at radius 2 is 1.88 bits per heavy atom. The average molecular weight is 355 g/mol. The average Bonchev–Trinajstić information content (AvgIpc) is 2.62. The van der Waals surface area contributed by atoms with Crippen LogP contribution in [0.3, 0.4) is 0 Å². The highest BCUT2D eigenvalue weighted by atomic mass is 16.5. The molecule has 2 saturated heterocycles. The minimum absolute atomic E-state index is 0.0744. The van der Waals surface area contributed by atoms with Crippen molar-refractivity contribution >= 4 is 0 Å². The summed E-state index contributed by atoms with van der Waals surface area (Å²) in [6, 6.07) is 8.34. The summed E-state index contributed by atoms with van der Waals surface area (Å²) in [7, 11) is 0. The lowest BCUT2D eigenvalue weighted by molar-refractivity contribution is -0.897. The Morgan fingerprint density at radius 1 is 1.12 bits per heavy atom.